The molecule has 0 amide bonds. The van der Waals surface area contributed by atoms with Crippen molar-refractivity contribution in [2.45, 2.75) is 19.8 Å². The average Bonchev–Trinajstić information content (AvgIpc) is 2.42. The smallest absolute Gasteiger partial charge is 0.152 e. The third-order valence-electron chi connectivity index (χ3n) is 2.50. The number of hydrogen-bond acceptors (Lipinski definition) is 1. The van der Waals surface area contributed by atoms with Crippen LogP contribution < -0.4 is 5.84 Å². The van der Waals surface area contributed by atoms with Crippen molar-refractivity contribution in [3.63, 3.8) is 0 Å². The van der Waals surface area contributed by atoms with Crippen LogP contribution in [0.3, 0.4) is 0 Å². The topological polar surface area (TPSA) is 30.9 Å². The van der Waals surface area contributed by atoms with E-state index in [1.54, 1.807) is 6.20 Å². The number of nitrogens with zero attached hydrogens (tertiary/aromatic N) is 1. The SMILES string of the molecule is CC(C)c1cn(N)c2c(F)cc(F)cc12. The van der Waals surface area contributed by atoms with Gasteiger partial charge in [-0.25, -0.2) is 8.78 Å². The average molecular weight is 210 g/mol. The Kier molecular flexibility index (Phi) is 2.14. The zero-order valence-electron chi connectivity index (χ0n) is 8.59. The van der Waals surface area contributed by atoms with Gasteiger partial charge in [-0.15, -0.1) is 0 Å². The van der Waals surface area contributed by atoms with Crippen LogP contribution >= 0.6 is 0 Å². The second kappa shape index (κ2) is 3.22. The molecule has 4 heteroatoms. The number of halogens is 2. The van der Waals surface area contributed by atoms with Gasteiger partial charge in [0.25, 0.3) is 0 Å². The van der Waals surface area contributed by atoms with Crippen molar-refractivity contribution in [1.82, 2.24) is 4.68 Å². The number of benzene rings is 1. The summed E-state index contributed by atoms with van der Waals surface area (Å²) in [6.07, 6.45) is 1.64. The maximum atomic E-state index is 13.4. The van der Waals surface area contributed by atoms with Crippen LogP contribution in [-0.2, 0) is 0 Å². The highest BCUT2D eigenvalue weighted by molar-refractivity contribution is 5.85. The van der Waals surface area contributed by atoms with E-state index in [1.165, 1.54) is 10.7 Å². The molecule has 2 nitrogen and oxygen atoms in total. The first-order valence-electron chi connectivity index (χ1n) is 4.75. The molecular formula is C11H12F2N2. The van der Waals surface area contributed by atoms with Gasteiger partial charge in [0.05, 0.1) is 0 Å². The van der Waals surface area contributed by atoms with Gasteiger partial charge >= 0.3 is 0 Å². The summed E-state index contributed by atoms with van der Waals surface area (Å²) in [4.78, 5) is 0. The van der Waals surface area contributed by atoms with Crippen molar-refractivity contribution in [3.8, 4) is 0 Å². The maximum Gasteiger partial charge on any atom is 0.152 e. The van der Waals surface area contributed by atoms with E-state index in [1.807, 2.05) is 13.8 Å². The molecule has 15 heavy (non-hydrogen) atoms. The van der Waals surface area contributed by atoms with Crippen LogP contribution in [0.15, 0.2) is 18.3 Å². The molecule has 0 fully saturated rings. The van der Waals surface area contributed by atoms with Gasteiger partial charge in [0, 0.05) is 17.6 Å². The van der Waals surface area contributed by atoms with Gasteiger partial charge in [0.1, 0.15) is 11.3 Å². The zero-order valence-corrected chi connectivity index (χ0v) is 8.59. The molecule has 2 rings (SSSR count). The molecule has 0 aliphatic heterocycles. The van der Waals surface area contributed by atoms with Gasteiger partial charge in [-0.2, -0.15) is 0 Å². The van der Waals surface area contributed by atoms with Crippen molar-refractivity contribution < 1.29 is 8.78 Å². The second-order valence-corrected chi connectivity index (χ2v) is 3.93. The molecule has 2 N–H and O–H groups in total. The first-order valence-corrected chi connectivity index (χ1v) is 4.75. The highest BCUT2D eigenvalue weighted by Crippen LogP contribution is 2.28. The van der Waals surface area contributed by atoms with Gasteiger partial charge in [0.2, 0.25) is 0 Å². The highest BCUT2D eigenvalue weighted by atomic mass is 19.1. The number of fused-ring (bicyclic) bond motifs is 1. The summed E-state index contributed by atoms with van der Waals surface area (Å²) < 4.78 is 27.7. The fraction of sp³-hybridized carbons (Fsp3) is 0.273. The van der Waals surface area contributed by atoms with Crippen LogP contribution in [0.5, 0.6) is 0 Å². The molecule has 0 aliphatic rings. The molecule has 0 aliphatic carbocycles. The van der Waals surface area contributed by atoms with Gasteiger partial charge in [-0.05, 0) is 17.5 Å². The molecule has 1 aromatic carbocycles. The van der Waals surface area contributed by atoms with E-state index in [-0.39, 0.29) is 11.4 Å². The third-order valence-corrected chi connectivity index (χ3v) is 2.50. The van der Waals surface area contributed by atoms with E-state index >= 15 is 0 Å². The summed E-state index contributed by atoms with van der Waals surface area (Å²) in [5, 5.41) is 0.546. The summed E-state index contributed by atoms with van der Waals surface area (Å²) in [6.45, 7) is 3.91. The molecule has 80 valence electrons. The van der Waals surface area contributed by atoms with E-state index < -0.39 is 11.6 Å². The van der Waals surface area contributed by atoms with Gasteiger partial charge in [0.15, 0.2) is 5.82 Å². The van der Waals surface area contributed by atoms with Gasteiger partial charge in [-0.3, -0.25) is 4.68 Å². The summed E-state index contributed by atoms with van der Waals surface area (Å²) in [5.41, 5.74) is 1.10. The quantitative estimate of drug-likeness (QED) is 0.721. The fourth-order valence-electron chi connectivity index (χ4n) is 1.79. The first-order chi connectivity index (χ1) is 7.00. The Hall–Kier alpha value is -1.58. The van der Waals surface area contributed by atoms with Crippen LogP contribution in [0, 0.1) is 11.6 Å². The standard InChI is InChI=1S/C11H12F2N2/c1-6(2)9-5-15(14)11-8(9)3-7(12)4-10(11)13/h3-6H,14H2,1-2H3. The Bertz CT molecular complexity index is 515. The van der Waals surface area contributed by atoms with Crippen LogP contribution in [0.1, 0.15) is 25.3 Å². The lowest BCUT2D eigenvalue weighted by molar-refractivity contribution is 0.589. The predicted molar refractivity (Wildman–Crippen MR) is 56.1 cm³/mol. The summed E-state index contributed by atoms with van der Waals surface area (Å²) in [7, 11) is 0. The van der Waals surface area contributed by atoms with E-state index in [0.29, 0.717) is 5.39 Å². The largest absolute Gasteiger partial charge is 0.339 e. The monoisotopic (exact) mass is 210 g/mol. The van der Waals surface area contributed by atoms with E-state index in [9.17, 15) is 8.78 Å². The minimum atomic E-state index is -0.626. The molecule has 0 bridgehead atoms. The number of nitrogen functional groups attached to an aromatic ring is 1. The third kappa shape index (κ3) is 1.46. The molecule has 2 aromatic rings. The van der Waals surface area contributed by atoms with Crippen LogP contribution in [0.25, 0.3) is 10.9 Å². The molecule has 1 aromatic heterocycles. The first kappa shape index (κ1) is 9.96. The lowest BCUT2D eigenvalue weighted by Crippen LogP contribution is -2.06. The number of aromatic nitrogens is 1. The van der Waals surface area contributed by atoms with Crippen molar-refractivity contribution in [3.05, 3.63) is 35.5 Å². The Morgan fingerprint density at radius 3 is 2.53 bits per heavy atom. The molecule has 0 radical (unpaired) electrons. The molecule has 0 saturated carbocycles. The number of nitrogens with two attached hydrogens (primary N) is 1. The Balaban J connectivity index is 2.87. The molecular weight excluding hydrogens is 198 g/mol. The Morgan fingerprint density at radius 1 is 1.27 bits per heavy atom. The van der Waals surface area contributed by atoms with Gasteiger partial charge in [-0.1, -0.05) is 13.8 Å². The second-order valence-electron chi connectivity index (χ2n) is 3.93. The zero-order chi connectivity index (χ0) is 11.2. The maximum absolute atomic E-state index is 13.4. The van der Waals surface area contributed by atoms with Crippen LogP contribution in [-0.4, -0.2) is 4.68 Å². The van der Waals surface area contributed by atoms with Crippen molar-refractivity contribution in [2.24, 2.45) is 0 Å². The lowest BCUT2D eigenvalue weighted by atomic mass is 10.0. The molecule has 1 heterocycles. The van der Waals surface area contributed by atoms with Crippen LogP contribution in [0.4, 0.5) is 8.78 Å². The molecule has 0 unspecified atom stereocenters. The Labute approximate surface area is 86.3 Å². The number of hydrogen-bond donors (Lipinski definition) is 1. The van der Waals surface area contributed by atoms with E-state index in [2.05, 4.69) is 0 Å². The minimum Gasteiger partial charge on any atom is -0.339 e. The van der Waals surface area contributed by atoms with Gasteiger partial charge < -0.3 is 5.84 Å². The highest BCUT2D eigenvalue weighted by Gasteiger charge is 2.14. The van der Waals surface area contributed by atoms with Crippen LogP contribution in [0.2, 0.25) is 0 Å². The Morgan fingerprint density at radius 2 is 1.93 bits per heavy atom. The lowest BCUT2D eigenvalue weighted by Gasteiger charge is -2.02. The predicted octanol–water partition coefficient (Wildman–Crippen LogP) is 2.76. The normalized spacial score (nSPS) is 11.5. The van der Waals surface area contributed by atoms with Crippen molar-refractivity contribution >= 4 is 10.9 Å². The molecule has 0 spiro atoms. The molecule has 0 saturated heterocycles. The van der Waals surface area contributed by atoms with Crippen molar-refractivity contribution in [2.75, 3.05) is 5.84 Å². The summed E-state index contributed by atoms with van der Waals surface area (Å²) in [5.74, 6) is 4.60. The number of rotatable bonds is 1. The molecule has 0 atom stereocenters. The van der Waals surface area contributed by atoms with Crippen molar-refractivity contribution in [1.29, 1.82) is 0 Å². The fourth-order valence-corrected chi connectivity index (χ4v) is 1.79. The van der Waals surface area contributed by atoms with E-state index in [4.69, 9.17) is 5.84 Å². The summed E-state index contributed by atoms with van der Waals surface area (Å²) in [6, 6.07) is 2.16. The minimum absolute atomic E-state index is 0.179. The van der Waals surface area contributed by atoms with E-state index in [0.717, 1.165) is 11.6 Å². The summed E-state index contributed by atoms with van der Waals surface area (Å²) >= 11 is 0.